The molecule has 0 aliphatic rings. The summed E-state index contributed by atoms with van der Waals surface area (Å²) in [6, 6.07) is 6.97. The Morgan fingerprint density at radius 2 is 2.09 bits per heavy atom. The maximum absolute atomic E-state index is 12.0. The molecule has 0 bridgehead atoms. The Hall–Kier alpha value is -1.79. The Balaban J connectivity index is 2.43. The Bertz CT molecular complexity index is 477. The first kappa shape index (κ1) is 19.3. The van der Waals surface area contributed by atoms with Crippen molar-refractivity contribution in [1.82, 2.24) is 5.32 Å². The molecule has 23 heavy (non-hydrogen) atoms. The van der Waals surface area contributed by atoms with Crippen LogP contribution in [0.3, 0.4) is 0 Å². The maximum Gasteiger partial charge on any atom is 0.319 e. The predicted octanol–water partition coefficient (Wildman–Crippen LogP) is 2.63. The molecule has 130 valence electrons. The second-order valence-electron chi connectivity index (χ2n) is 6.17. The Kier molecular flexibility index (Phi) is 8.43. The van der Waals surface area contributed by atoms with Crippen LogP contribution >= 0.6 is 0 Å². The average molecular weight is 324 g/mol. The molecule has 6 heteroatoms. The van der Waals surface area contributed by atoms with Gasteiger partial charge in [0.05, 0.1) is 6.61 Å². The summed E-state index contributed by atoms with van der Waals surface area (Å²) in [4.78, 5) is 12.0. The first-order valence-corrected chi connectivity index (χ1v) is 7.84. The Morgan fingerprint density at radius 3 is 2.78 bits per heavy atom. The van der Waals surface area contributed by atoms with Crippen LogP contribution < -0.4 is 15.4 Å². The molecule has 0 radical (unpaired) electrons. The highest BCUT2D eigenvalue weighted by atomic mass is 16.5. The Labute approximate surface area is 138 Å². The highest BCUT2D eigenvalue weighted by Crippen LogP contribution is 2.21. The minimum absolute atomic E-state index is 0.0504. The number of hydrogen-bond donors (Lipinski definition) is 3. The van der Waals surface area contributed by atoms with Crippen LogP contribution in [0.25, 0.3) is 0 Å². The van der Waals surface area contributed by atoms with Crippen molar-refractivity contribution in [2.75, 3.05) is 38.8 Å². The van der Waals surface area contributed by atoms with E-state index in [2.05, 4.69) is 24.5 Å². The molecule has 0 aromatic heterocycles. The Morgan fingerprint density at radius 1 is 1.30 bits per heavy atom. The van der Waals surface area contributed by atoms with Crippen LogP contribution in [0.5, 0.6) is 5.75 Å². The molecule has 0 fully saturated rings. The molecule has 1 rings (SSSR count). The summed E-state index contributed by atoms with van der Waals surface area (Å²) in [6.45, 7) is 5.82. The number of ether oxygens (including phenoxy) is 2. The maximum atomic E-state index is 12.0. The van der Waals surface area contributed by atoms with Crippen LogP contribution in [0.15, 0.2) is 24.3 Å². The number of nitrogens with one attached hydrogen (secondary N) is 2. The number of benzene rings is 1. The lowest BCUT2D eigenvalue weighted by Gasteiger charge is -2.24. The lowest BCUT2D eigenvalue weighted by molar-refractivity contribution is 0.146. The minimum Gasteiger partial charge on any atom is -0.491 e. The summed E-state index contributed by atoms with van der Waals surface area (Å²) in [5.41, 5.74) is 0.621. The normalized spacial score (nSPS) is 11.1. The molecule has 0 saturated carbocycles. The highest BCUT2D eigenvalue weighted by molar-refractivity contribution is 5.89. The second-order valence-corrected chi connectivity index (χ2v) is 6.17. The molecule has 6 nitrogen and oxygen atoms in total. The number of amides is 2. The van der Waals surface area contributed by atoms with Crippen molar-refractivity contribution in [3.63, 3.8) is 0 Å². The fraction of sp³-hybridized carbons (Fsp3) is 0.588. The molecule has 0 saturated heterocycles. The van der Waals surface area contributed by atoms with Gasteiger partial charge in [0.1, 0.15) is 12.4 Å². The van der Waals surface area contributed by atoms with E-state index in [1.807, 2.05) is 12.1 Å². The molecule has 0 unspecified atom stereocenters. The molecule has 0 atom stereocenters. The van der Waals surface area contributed by atoms with Crippen molar-refractivity contribution in [2.45, 2.75) is 26.7 Å². The van der Waals surface area contributed by atoms with Gasteiger partial charge in [-0.15, -0.1) is 0 Å². The molecule has 0 spiro atoms. The molecule has 1 aromatic rings. The van der Waals surface area contributed by atoms with Gasteiger partial charge in [-0.25, -0.2) is 4.79 Å². The van der Waals surface area contributed by atoms with E-state index in [0.717, 1.165) is 12.8 Å². The van der Waals surface area contributed by atoms with Gasteiger partial charge in [0, 0.05) is 32.0 Å². The van der Waals surface area contributed by atoms with Gasteiger partial charge in [-0.3, -0.25) is 0 Å². The standard InChI is InChI=1S/C17H28N2O4/c1-17(2,8-5-9-20)13-18-16(21)19-14-6-4-7-15(12-14)23-11-10-22-3/h4,6-7,12,20H,5,8-11,13H2,1-3H3,(H2,18,19,21). The molecular formula is C17H28N2O4. The van der Waals surface area contributed by atoms with Crippen LogP contribution in [-0.2, 0) is 4.74 Å². The number of anilines is 1. The highest BCUT2D eigenvalue weighted by Gasteiger charge is 2.18. The third-order valence-electron chi connectivity index (χ3n) is 3.39. The molecule has 0 heterocycles. The fourth-order valence-electron chi connectivity index (χ4n) is 2.05. The second kappa shape index (κ2) is 10.1. The van der Waals surface area contributed by atoms with E-state index in [9.17, 15) is 4.79 Å². The number of urea groups is 1. The number of aliphatic hydroxyl groups excluding tert-OH is 1. The number of rotatable bonds is 10. The van der Waals surface area contributed by atoms with Crippen molar-refractivity contribution in [3.8, 4) is 5.75 Å². The van der Waals surface area contributed by atoms with Gasteiger partial charge in [-0.05, 0) is 30.4 Å². The monoisotopic (exact) mass is 324 g/mol. The van der Waals surface area contributed by atoms with Gasteiger partial charge in [-0.2, -0.15) is 0 Å². The zero-order valence-electron chi connectivity index (χ0n) is 14.2. The van der Waals surface area contributed by atoms with Crippen LogP contribution in [0.1, 0.15) is 26.7 Å². The zero-order valence-corrected chi connectivity index (χ0v) is 14.2. The molecule has 0 aliphatic heterocycles. The van der Waals surface area contributed by atoms with Crippen molar-refractivity contribution < 1.29 is 19.4 Å². The number of aliphatic hydroxyl groups is 1. The largest absolute Gasteiger partial charge is 0.491 e. The van der Waals surface area contributed by atoms with Gasteiger partial charge in [0.25, 0.3) is 0 Å². The summed E-state index contributed by atoms with van der Waals surface area (Å²) in [7, 11) is 1.62. The SMILES string of the molecule is COCCOc1cccc(NC(=O)NCC(C)(C)CCCO)c1. The van der Waals surface area contributed by atoms with Crippen molar-refractivity contribution in [1.29, 1.82) is 0 Å². The molecule has 2 amide bonds. The molecule has 1 aromatic carbocycles. The number of hydrogen-bond acceptors (Lipinski definition) is 4. The summed E-state index contributed by atoms with van der Waals surface area (Å²) in [6.07, 6.45) is 1.59. The smallest absolute Gasteiger partial charge is 0.319 e. The lowest BCUT2D eigenvalue weighted by atomic mass is 9.88. The van der Waals surface area contributed by atoms with Crippen molar-refractivity contribution in [3.05, 3.63) is 24.3 Å². The van der Waals surface area contributed by atoms with E-state index in [0.29, 0.717) is 31.2 Å². The summed E-state index contributed by atoms with van der Waals surface area (Å²) < 4.78 is 10.4. The topological polar surface area (TPSA) is 79.8 Å². The lowest BCUT2D eigenvalue weighted by Crippen LogP contribution is -2.36. The fourth-order valence-corrected chi connectivity index (χ4v) is 2.05. The predicted molar refractivity (Wildman–Crippen MR) is 90.9 cm³/mol. The summed E-state index contributed by atoms with van der Waals surface area (Å²) in [5, 5.41) is 14.5. The van der Waals surface area contributed by atoms with Crippen LogP contribution in [0.4, 0.5) is 10.5 Å². The van der Waals surface area contributed by atoms with Crippen molar-refractivity contribution in [2.24, 2.45) is 5.41 Å². The van der Waals surface area contributed by atoms with Crippen LogP contribution in [0, 0.1) is 5.41 Å². The van der Waals surface area contributed by atoms with E-state index in [-0.39, 0.29) is 18.1 Å². The number of carbonyl (C=O) groups is 1. The van der Waals surface area contributed by atoms with Gasteiger partial charge >= 0.3 is 6.03 Å². The molecule has 0 aliphatic carbocycles. The zero-order chi connectivity index (χ0) is 17.1. The van der Waals surface area contributed by atoms with E-state index < -0.39 is 0 Å². The van der Waals surface area contributed by atoms with Crippen molar-refractivity contribution >= 4 is 11.7 Å². The average Bonchev–Trinajstić information content (AvgIpc) is 2.52. The third-order valence-corrected chi connectivity index (χ3v) is 3.39. The van der Waals surface area contributed by atoms with Gasteiger partial charge in [0.2, 0.25) is 0 Å². The first-order chi connectivity index (χ1) is 11.0. The van der Waals surface area contributed by atoms with Gasteiger partial charge < -0.3 is 25.2 Å². The van der Waals surface area contributed by atoms with E-state index in [4.69, 9.17) is 14.6 Å². The third kappa shape index (κ3) is 8.42. The van der Waals surface area contributed by atoms with Gasteiger partial charge in [0.15, 0.2) is 0 Å². The number of methoxy groups -OCH3 is 1. The summed E-state index contributed by atoms with van der Waals surface area (Å²) >= 11 is 0. The van der Waals surface area contributed by atoms with E-state index >= 15 is 0 Å². The van der Waals surface area contributed by atoms with Gasteiger partial charge in [-0.1, -0.05) is 19.9 Å². The van der Waals surface area contributed by atoms with E-state index in [1.54, 1.807) is 19.2 Å². The van der Waals surface area contributed by atoms with E-state index in [1.165, 1.54) is 0 Å². The molecular weight excluding hydrogens is 296 g/mol. The quantitative estimate of drug-likeness (QED) is 0.578. The summed E-state index contributed by atoms with van der Waals surface area (Å²) in [5.74, 6) is 0.683. The van der Waals surface area contributed by atoms with Crippen LogP contribution in [-0.4, -0.2) is 44.6 Å². The minimum atomic E-state index is -0.254. The molecule has 3 N–H and O–H groups in total. The number of carbonyl (C=O) groups excluding carboxylic acids is 1. The van der Waals surface area contributed by atoms with Crippen LogP contribution in [0.2, 0.25) is 0 Å². The first-order valence-electron chi connectivity index (χ1n) is 7.84.